The van der Waals surface area contributed by atoms with Gasteiger partial charge in [-0.2, -0.15) is 0 Å². The van der Waals surface area contributed by atoms with Crippen LogP contribution < -0.4 is 5.32 Å². The van der Waals surface area contributed by atoms with Crippen molar-refractivity contribution in [2.24, 2.45) is 5.92 Å². The zero-order chi connectivity index (χ0) is 24.2. The van der Waals surface area contributed by atoms with Crippen molar-refractivity contribution in [2.75, 3.05) is 13.2 Å². The number of carboxylic acids is 1. The highest BCUT2D eigenvalue weighted by Gasteiger charge is 2.36. The molecule has 0 saturated carbocycles. The van der Waals surface area contributed by atoms with Gasteiger partial charge in [0.05, 0.1) is 5.92 Å². The molecule has 2 N–H and O–H groups in total. The minimum absolute atomic E-state index is 0.0476. The Labute approximate surface area is 200 Å². The lowest BCUT2D eigenvalue weighted by Crippen LogP contribution is -2.54. The maximum atomic E-state index is 13.2. The topological polar surface area (TPSA) is 95.9 Å². The molecule has 1 fully saturated rings. The van der Waals surface area contributed by atoms with Gasteiger partial charge in [-0.1, -0.05) is 61.9 Å². The summed E-state index contributed by atoms with van der Waals surface area (Å²) in [6, 6.07) is 15.4. The lowest BCUT2D eigenvalue weighted by atomic mass is 9.91. The van der Waals surface area contributed by atoms with E-state index in [0.717, 1.165) is 28.7 Å². The van der Waals surface area contributed by atoms with Crippen molar-refractivity contribution < 1.29 is 24.2 Å². The fourth-order valence-corrected chi connectivity index (χ4v) is 5.25. The Morgan fingerprint density at radius 1 is 1.09 bits per heavy atom. The molecule has 2 aromatic carbocycles. The smallest absolute Gasteiger partial charge is 0.407 e. The number of nitrogens with one attached hydrogen (secondary N) is 1. The van der Waals surface area contributed by atoms with Crippen LogP contribution in [0.15, 0.2) is 48.5 Å². The summed E-state index contributed by atoms with van der Waals surface area (Å²) in [5, 5.41) is 12.1. The highest BCUT2D eigenvalue weighted by Crippen LogP contribution is 2.44. The number of carbonyl (C=O) groups is 3. The number of alkyl carbamates (subject to hydrolysis) is 1. The molecule has 180 valence electrons. The lowest BCUT2D eigenvalue weighted by molar-refractivity contribution is -0.148. The number of carboxylic acid groups (broad SMARTS) is 1. The van der Waals surface area contributed by atoms with E-state index >= 15 is 0 Å². The Kier molecular flexibility index (Phi) is 7.20. The van der Waals surface area contributed by atoms with Gasteiger partial charge in [0, 0.05) is 18.5 Å². The van der Waals surface area contributed by atoms with Crippen LogP contribution in [0.25, 0.3) is 11.1 Å². The number of carbonyl (C=O) groups excluding carboxylic acids is 2. The van der Waals surface area contributed by atoms with Crippen LogP contribution >= 0.6 is 0 Å². The van der Waals surface area contributed by atoms with Crippen molar-refractivity contribution in [1.82, 2.24) is 10.2 Å². The predicted molar refractivity (Wildman–Crippen MR) is 128 cm³/mol. The molecule has 7 nitrogen and oxygen atoms in total. The van der Waals surface area contributed by atoms with Crippen LogP contribution in [-0.4, -0.2) is 53.2 Å². The first-order valence-corrected chi connectivity index (χ1v) is 12.1. The van der Waals surface area contributed by atoms with Crippen LogP contribution in [0.4, 0.5) is 4.79 Å². The Morgan fingerprint density at radius 2 is 1.71 bits per heavy atom. The molecular formula is C27H32N2O5. The fourth-order valence-electron chi connectivity index (χ4n) is 5.25. The quantitative estimate of drug-likeness (QED) is 0.633. The molecule has 1 saturated heterocycles. The van der Waals surface area contributed by atoms with Crippen molar-refractivity contribution in [3.05, 3.63) is 59.7 Å². The fraction of sp³-hybridized carbons (Fsp3) is 0.444. The summed E-state index contributed by atoms with van der Waals surface area (Å²) in [5.41, 5.74) is 4.58. The van der Waals surface area contributed by atoms with E-state index in [0.29, 0.717) is 25.8 Å². The van der Waals surface area contributed by atoms with Crippen molar-refractivity contribution in [1.29, 1.82) is 0 Å². The van der Waals surface area contributed by atoms with Gasteiger partial charge in [0.1, 0.15) is 12.6 Å². The number of ether oxygens (including phenoxy) is 1. The summed E-state index contributed by atoms with van der Waals surface area (Å²) >= 11 is 0. The molecule has 2 aliphatic rings. The second kappa shape index (κ2) is 10.3. The molecule has 1 aliphatic heterocycles. The van der Waals surface area contributed by atoms with Crippen LogP contribution in [0.3, 0.4) is 0 Å². The number of benzene rings is 2. The van der Waals surface area contributed by atoms with E-state index in [4.69, 9.17) is 4.74 Å². The summed E-state index contributed by atoms with van der Waals surface area (Å²) in [6.07, 6.45) is 1.45. The average molecular weight is 465 g/mol. The van der Waals surface area contributed by atoms with E-state index < -0.39 is 24.0 Å². The van der Waals surface area contributed by atoms with Crippen LogP contribution in [0, 0.1) is 5.92 Å². The zero-order valence-electron chi connectivity index (χ0n) is 19.7. The van der Waals surface area contributed by atoms with Gasteiger partial charge in [-0.3, -0.25) is 9.59 Å². The summed E-state index contributed by atoms with van der Waals surface area (Å²) in [5.74, 6) is -1.47. The molecule has 1 aliphatic carbocycles. The lowest BCUT2D eigenvalue weighted by Gasteiger charge is -2.38. The van der Waals surface area contributed by atoms with Gasteiger partial charge in [-0.05, 0) is 48.4 Å². The SMILES string of the molecule is CCC[C@H](NC(=O)OCC1c2ccccc2-c2ccccc21)C(=O)N1CC[C@H](C(=O)O)C[C@@H]1C. The van der Waals surface area contributed by atoms with Gasteiger partial charge >= 0.3 is 12.1 Å². The molecule has 4 rings (SSSR count). The first-order chi connectivity index (χ1) is 16.4. The maximum Gasteiger partial charge on any atom is 0.407 e. The first-order valence-electron chi connectivity index (χ1n) is 12.1. The van der Waals surface area contributed by atoms with Crippen LogP contribution in [0.2, 0.25) is 0 Å². The number of nitrogens with zero attached hydrogens (tertiary/aromatic N) is 1. The normalized spacial score (nSPS) is 20.2. The average Bonchev–Trinajstić information content (AvgIpc) is 3.15. The van der Waals surface area contributed by atoms with Crippen LogP contribution in [0.1, 0.15) is 56.6 Å². The van der Waals surface area contributed by atoms with Crippen molar-refractivity contribution in [2.45, 2.75) is 57.5 Å². The predicted octanol–water partition coefficient (Wildman–Crippen LogP) is 4.41. The monoisotopic (exact) mass is 464 g/mol. The minimum atomic E-state index is -0.819. The number of rotatable bonds is 7. The van der Waals surface area contributed by atoms with Crippen molar-refractivity contribution >= 4 is 18.0 Å². The number of likely N-dealkylation sites (tertiary alicyclic amines) is 1. The van der Waals surface area contributed by atoms with Gasteiger partial charge in [0.25, 0.3) is 0 Å². The minimum Gasteiger partial charge on any atom is -0.481 e. The molecule has 3 atom stereocenters. The molecule has 0 spiro atoms. The Bertz CT molecular complexity index is 1020. The second-order valence-corrected chi connectivity index (χ2v) is 9.25. The summed E-state index contributed by atoms with van der Waals surface area (Å²) < 4.78 is 5.63. The summed E-state index contributed by atoms with van der Waals surface area (Å²) in [4.78, 5) is 39.0. The molecule has 7 heteroatoms. The number of hydrogen-bond acceptors (Lipinski definition) is 4. The van der Waals surface area contributed by atoms with Gasteiger partial charge in [-0.15, -0.1) is 0 Å². The van der Waals surface area contributed by atoms with E-state index in [1.54, 1.807) is 4.90 Å². The zero-order valence-corrected chi connectivity index (χ0v) is 19.7. The second-order valence-electron chi connectivity index (χ2n) is 9.25. The van der Waals surface area contributed by atoms with E-state index in [-0.39, 0.29) is 24.5 Å². The van der Waals surface area contributed by atoms with Gasteiger partial charge in [-0.25, -0.2) is 4.79 Å². The molecule has 0 bridgehead atoms. The molecule has 2 aromatic rings. The Hall–Kier alpha value is -3.35. The molecule has 2 amide bonds. The number of aliphatic carboxylic acids is 1. The Balaban J connectivity index is 1.39. The number of hydrogen-bond donors (Lipinski definition) is 2. The maximum absolute atomic E-state index is 13.2. The van der Waals surface area contributed by atoms with Crippen LogP contribution in [0.5, 0.6) is 0 Å². The summed E-state index contributed by atoms with van der Waals surface area (Å²) in [7, 11) is 0. The third-order valence-electron chi connectivity index (χ3n) is 7.02. The van der Waals surface area contributed by atoms with E-state index in [1.807, 2.05) is 38.1 Å². The van der Waals surface area contributed by atoms with Gasteiger partial charge in [0.15, 0.2) is 0 Å². The van der Waals surface area contributed by atoms with E-state index in [9.17, 15) is 19.5 Å². The van der Waals surface area contributed by atoms with Crippen LogP contribution in [-0.2, 0) is 14.3 Å². The largest absolute Gasteiger partial charge is 0.481 e. The molecule has 1 heterocycles. The number of fused-ring (bicyclic) bond motifs is 3. The van der Waals surface area contributed by atoms with Crippen molar-refractivity contribution in [3.8, 4) is 11.1 Å². The number of piperidine rings is 1. The Morgan fingerprint density at radius 3 is 2.26 bits per heavy atom. The summed E-state index contributed by atoms with van der Waals surface area (Å²) in [6.45, 7) is 4.39. The third kappa shape index (κ3) is 4.79. The van der Waals surface area contributed by atoms with E-state index in [1.165, 1.54) is 0 Å². The van der Waals surface area contributed by atoms with Gasteiger partial charge < -0.3 is 20.1 Å². The van der Waals surface area contributed by atoms with E-state index in [2.05, 4.69) is 29.6 Å². The van der Waals surface area contributed by atoms with Crippen molar-refractivity contribution in [3.63, 3.8) is 0 Å². The number of amides is 2. The first kappa shape index (κ1) is 23.8. The molecule has 34 heavy (non-hydrogen) atoms. The standard InChI is InChI=1S/C27H32N2O5/c1-3-8-24(25(30)29-14-13-18(26(31)32)15-17(29)2)28-27(33)34-16-23-21-11-6-4-9-19(21)20-10-5-7-12-22(20)23/h4-7,9-12,17-18,23-24H,3,8,13-16H2,1-2H3,(H,28,33)(H,31,32)/t17-,18-,24-/m0/s1. The highest BCUT2D eigenvalue weighted by atomic mass is 16.5. The highest BCUT2D eigenvalue weighted by molar-refractivity contribution is 5.86. The molecule has 0 aromatic heterocycles. The molecule has 0 unspecified atom stereocenters. The third-order valence-corrected chi connectivity index (χ3v) is 7.02. The molecule has 0 radical (unpaired) electrons. The van der Waals surface area contributed by atoms with Gasteiger partial charge in [0.2, 0.25) is 5.91 Å². The molecular weight excluding hydrogens is 432 g/mol.